The summed E-state index contributed by atoms with van der Waals surface area (Å²) in [6.45, 7) is 2.45. The first-order valence-electron chi connectivity index (χ1n) is 6.90. The highest BCUT2D eigenvalue weighted by atomic mass is 32.2. The molecule has 1 heterocycles. The third kappa shape index (κ3) is 3.58. The van der Waals surface area contributed by atoms with Crippen LogP contribution in [0.25, 0.3) is 0 Å². The van der Waals surface area contributed by atoms with Crippen LogP contribution in [0.5, 0.6) is 0 Å². The van der Waals surface area contributed by atoms with Crippen molar-refractivity contribution in [3.8, 4) is 0 Å². The van der Waals surface area contributed by atoms with E-state index in [1.54, 1.807) is 12.1 Å². The summed E-state index contributed by atoms with van der Waals surface area (Å²) in [6, 6.07) is 6.83. The zero-order valence-electron chi connectivity index (χ0n) is 11.6. The fourth-order valence-electron chi connectivity index (χ4n) is 2.38. The number of carbonyl (C=O) groups excluding carboxylic acids is 1. The number of aryl methyl sites for hydroxylation is 1. The van der Waals surface area contributed by atoms with E-state index < -0.39 is 10.0 Å². The molecule has 0 radical (unpaired) electrons. The van der Waals surface area contributed by atoms with E-state index in [4.69, 9.17) is 0 Å². The average Bonchev–Trinajstić information content (AvgIpc) is 2.63. The Bertz CT molecular complexity index is 584. The van der Waals surface area contributed by atoms with Crippen LogP contribution in [0.1, 0.15) is 31.7 Å². The van der Waals surface area contributed by atoms with Gasteiger partial charge in [0.25, 0.3) is 0 Å². The van der Waals surface area contributed by atoms with Crippen molar-refractivity contribution < 1.29 is 13.2 Å². The molecule has 110 valence electrons. The van der Waals surface area contributed by atoms with Crippen molar-refractivity contribution in [2.45, 2.75) is 43.5 Å². The number of nitrogens with one attached hydrogen (secondary N) is 2. The van der Waals surface area contributed by atoms with E-state index in [2.05, 4.69) is 10.0 Å². The maximum Gasteiger partial charge on any atom is 0.241 e. The van der Waals surface area contributed by atoms with Crippen molar-refractivity contribution >= 4 is 15.9 Å². The molecule has 1 fully saturated rings. The fraction of sp³-hybridized carbons (Fsp3) is 0.500. The maximum atomic E-state index is 12.5. The van der Waals surface area contributed by atoms with Crippen molar-refractivity contribution in [3.63, 3.8) is 0 Å². The van der Waals surface area contributed by atoms with Gasteiger partial charge in [0.05, 0.1) is 4.90 Å². The van der Waals surface area contributed by atoms with Crippen LogP contribution in [0, 0.1) is 0 Å². The molecule has 1 atom stereocenters. The molecule has 20 heavy (non-hydrogen) atoms. The first-order chi connectivity index (χ1) is 9.53. The summed E-state index contributed by atoms with van der Waals surface area (Å²) in [5, 5.41) is 2.75. The topological polar surface area (TPSA) is 75.3 Å². The second-order valence-corrected chi connectivity index (χ2v) is 6.64. The normalized spacial score (nSPS) is 20.2. The molecule has 0 aromatic heterocycles. The Labute approximate surface area is 119 Å². The van der Waals surface area contributed by atoms with Gasteiger partial charge in [0.2, 0.25) is 15.9 Å². The Morgan fingerprint density at radius 1 is 1.30 bits per heavy atom. The molecule has 0 aliphatic carbocycles. The largest absolute Gasteiger partial charge is 0.356 e. The first-order valence-corrected chi connectivity index (χ1v) is 8.38. The molecule has 2 rings (SSSR count). The second-order valence-electron chi connectivity index (χ2n) is 4.96. The lowest BCUT2D eigenvalue weighted by molar-refractivity contribution is -0.120. The minimum atomic E-state index is -3.53. The van der Waals surface area contributed by atoms with E-state index >= 15 is 0 Å². The minimum Gasteiger partial charge on any atom is -0.356 e. The third-order valence-corrected chi connectivity index (χ3v) is 5.12. The van der Waals surface area contributed by atoms with Crippen LogP contribution in [-0.2, 0) is 21.2 Å². The molecule has 2 N–H and O–H groups in total. The van der Waals surface area contributed by atoms with Gasteiger partial charge in [-0.05, 0) is 30.9 Å². The molecule has 1 saturated heterocycles. The fourth-order valence-corrected chi connectivity index (χ4v) is 4.00. The number of hydrogen-bond acceptors (Lipinski definition) is 3. The molecule has 1 aliphatic rings. The van der Waals surface area contributed by atoms with E-state index in [-0.39, 0.29) is 11.9 Å². The van der Waals surface area contributed by atoms with Crippen LogP contribution in [-0.4, -0.2) is 26.9 Å². The summed E-state index contributed by atoms with van der Waals surface area (Å²) in [5.74, 6) is -0.0133. The molecule has 0 spiro atoms. The lowest BCUT2D eigenvalue weighted by atomic mass is 10.1. The van der Waals surface area contributed by atoms with Crippen molar-refractivity contribution in [1.29, 1.82) is 0 Å². The maximum absolute atomic E-state index is 12.5. The smallest absolute Gasteiger partial charge is 0.241 e. The Hall–Kier alpha value is -1.40. The molecule has 0 unspecified atom stereocenters. The zero-order valence-corrected chi connectivity index (χ0v) is 12.4. The lowest BCUT2D eigenvalue weighted by Gasteiger charge is -2.17. The van der Waals surface area contributed by atoms with Gasteiger partial charge in [0.1, 0.15) is 0 Å². The molecule has 1 aromatic carbocycles. The average molecular weight is 296 g/mol. The molecule has 0 saturated carbocycles. The highest BCUT2D eigenvalue weighted by Gasteiger charge is 2.24. The third-order valence-electron chi connectivity index (χ3n) is 3.50. The predicted octanol–water partition coefficient (Wildman–Crippen LogP) is 1.20. The molecular weight excluding hydrogens is 276 g/mol. The van der Waals surface area contributed by atoms with Gasteiger partial charge in [0, 0.05) is 19.0 Å². The van der Waals surface area contributed by atoms with Crippen molar-refractivity contribution in [2.75, 3.05) is 6.54 Å². The predicted molar refractivity (Wildman–Crippen MR) is 76.8 cm³/mol. The summed E-state index contributed by atoms with van der Waals surface area (Å²) < 4.78 is 27.6. The van der Waals surface area contributed by atoms with Gasteiger partial charge in [-0.15, -0.1) is 0 Å². The number of amides is 1. The molecule has 1 aromatic rings. The summed E-state index contributed by atoms with van der Waals surface area (Å²) in [5.41, 5.74) is 0.808. The SMILES string of the molecule is CCc1ccccc1S(=O)(=O)N[C@H]1CCNC(=O)CC1. The van der Waals surface area contributed by atoms with Crippen LogP contribution in [0.15, 0.2) is 29.2 Å². The molecule has 1 aliphatic heterocycles. The van der Waals surface area contributed by atoms with E-state index in [1.165, 1.54) is 0 Å². The summed E-state index contributed by atoms with van der Waals surface area (Å²) in [7, 11) is -3.53. The van der Waals surface area contributed by atoms with Gasteiger partial charge >= 0.3 is 0 Å². The quantitative estimate of drug-likeness (QED) is 0.876. The Kier molecular flexibility index (Phi) is 4.77. The van der Waals surface area contributed by atoms with Crippen LogP contribution < -0.4 is 10.0 Å². The van der Waals surface area contributed by atoms with E-state index in [0.717, 1.165) is 5.56 Å². The van der Waals surface area contributed by atoms with E-state index in [9.17, 15) is 13.2 Å². The van der Waals surface area contributed by atoms with Crippen LogP contribution >= 0.6 is 0 Å². The highest BCUT2D eigenvalue weighted by Crippen LogP contribution is 2.18. The lowest BCUT2D eigenvalue weighted by Crippen LogP contribution is -2.35. The Morgan fingerprint density at radius 3 is 2.80 bits per heavy atom. The number of hydrogen-bond donors (Lipinski definition) is 2. The van der Waals surface area contributed by atoms with Gasteiger partial charge in [-0.2, -0.15) is 0 Å². The van der Waals surface area contributed by atoms with Gasteiger partial charge in [0.15, 0.2) is 0 Å². The zero-order chi connectivity index (χ0) is 14.6. The number of carbonyl (C=O) groups is 1. The molecule has 6 heteroatoms. The molecule has 0 bridgehead atoms. The van der Waals surface area contributed by atoms with Crippen molar-refractivity contribution in [1.82, 2.24) is 10.0 Å². The minimum absolute atomic E-state index is 0.0133. The number of rotatable bonds is 4. The Morgan fingerprint density at radius 2 is 2.05 bits per heavy atom. The first kappa shape index (κ1) is 15.0. The van der Waals surface area contributed by atoms with Gasteiger partial charge in [-0.1, -0.05) is 25.1 Å². The number of sulfonamides is 1. The second kappa shape index (κ2) is 6.37. The van der Waals surface area contributed by atoms with Crippen LogP contribution in [0.3, 0.4) is 0 Å². The van der Waals surface area contributed by atoms with E-state index in [1.807, 2.05) is 19.1 Å². The molecule has 1 amide bonds. The van der Waals surface area contributed by atoms with Gasteiger partial charge in [-0.25, -0.2) is 13.1 Å². The monoisotopic (exact) mass is 296 g/mol. The number of benzene rings is 1. The van der Waals surface area contributed by atoms with Gasteiger partial charge in [-0.3, -0.25) is 4.79 Å². The van der Waals surface area contributed by atoms with Crippen molar-refractivity contribution in [2.24, 2.45) is 0 Å². The highest BCUT2D eigenvalue weighted by molar-refractivity contribution is 7.89. The molecule has 5 nitrogen and oxygen atoms in total. The van der Waals surface area contributed by atoms with Crippen LogP contribution in [0.2, 0.25) is 0 Å². The summed E-state index contributed by atoms with van der Waals surface area (Å²) in [4.78, 5) is 11.6. The van der Waals surface area contributed by atoms with Crippen LogP contribution in [0.4, 0.5) is 0 Å². The molecular formula is C14H20N2O3S. The van der Waals surface area contributed by atoms with Crippen molar-refractivity contribution in [3.05, 3.63) is 29.8 Å². The van der Waals surface area contributed by atoms with E-state index in [0.29, 0.717) is 37.1 Å². The standard InChI is InChI=1S/C14H20N2O3S/c1-2-11-5-3-4-6-13(11)20(18,19)16-12-7-8-14(17)15-10-9-12/h3-6,12,16H,2,7-10H2,1H3,(H,15,17)/t12-/m1/s1. The van der Waals surface area contributed by atoms with Gasteiger partial charge < -0.3 is 5.32 Å². The summed E-state index contributed by atoms with van der Waals surface area (Å²) in [6.07, 6.45) is 2.20. The Balaban J connectivity index is 2.16. The summed E-state index contributed by atoms with van der Waals surface area (Å²) >= 11 is 0.